The molecule has 15 heavy (non-hydrogen) atoms. The van der Waals surface area contributed by atoms with Gasteiger partial charge in [0, 0.05) is 5.57 Å². The van der Waals surface area contributed by atoms with Gasteiger partial charge < -0.3 is 9.64 Å². The van der Waals surface area contributed by atoms with Gasteiger partial charge in [-0.2, -0.15) is 0 Å². The van der Waals surface area contributed by atoms with Crippen LogP contribution in [0, 0.1) is 0 Å². The zero-order valence-electron chi connectivity index (χ0n) is 10.2. The summed E-state index contributed by atoms with van der Waals surface area (Å²) < 4.78 is 4.86. The predicted octanol–water partition coefficient (Wildman–Crippen LogP) is 2.23. The number of carbonyl (C=O) groups excluding carboxylic acids is 1. The molecule has 0 N–H and O–H groups in total. The molecule has 0 aromatic heterocycles. The molecular formula is C12H23NO2. The van der Waals surface area contributed by atoms with Gasteiger partial charge in [0.2, 0.25) is 0 Å². The van der Waals surface area contributed by atoms with Crippen LogP contribution in [0.2, 0.25) is 0 Å². The highest BCUT2D eigenvalue weighted by Crippen LogP contribution is 2.05. The van der Waals surface area contributed by atoms with Crippen molar-refractivity contribution in [3.8, 4) is 0 Å². The Morgan fingerprint density at radius 2 is 1.87 bits per heavy atom. The minimum atomic E-state index is -0.253. The van der Waals surface area contributed by atoms with Crippen molar-refractivity contribution in [2.75, 3.05) is 26.2 Å². The van der Waals surface area contributed by atoms with E-state index in [0.717, 1.165) is 32.5 Å². The van der Waals surface area contributed by atoms with Crippen molar-refractivity contribution in [2.24, 2.45) is 0 Å². The lowest BCUT2D eigenvalue weighted by atomic mass is 10.1. The Bertz CT molecular complexity index is 198. The van der Waals surface area contributed by atoms with Crippen molar-refractivity contribution in [3.05, 3.63) is 12.2 Å². The number of rotatable bonds is 8. The molecule has 3 nitrogen and oxygen atoms in total. The number of carbonyl (C=O) groups is 1. The standard InChI is InChI=1S/C12H23NO2/c1-5-13(6-2)10-8-9-11(4)12(14)15-7-3/h4-10H2,1-3H3. The molecule has 0 fully saturated rings. The summed E-state index contributed by atoms with van der Waals surface area (Å²) in [5, 5.41) is 0. The van der Waals surface area contributed by atoms with E-state index in [1.54, 1.807) is 6.92 Å². The highest BCUT2D eigenvalue weighted by atomic mass is 16.5. The Hall–Kier alpha value is -0.830. The second-order valence-electron chi connectivity index (χ2n) is 3.45. The number of nitrogens with zero attached hydrogens (tertiary/aromatic N) is 1. The number of hydrogen-bond donors (Lipinski definition) is 0. The van der Waals surface area contributed by atoms with Crippen molar-refractivity contribution in [3.63, 3.8) is 0 Å². The molecule has 0 amide bonds. The molecule has 0 saturated carbocycles. The quantitative estimate of drug-likeness (QED) is 0.457. The zero-order chi connectivity index (χ0) is 11.7. The first-order chi connectivity index (χ1) is 7.15. The lowest BCUT2D eigenvalue weighted by Crippen LogP contribution is -2.24. The van der Waals surface area contributed by atoms with E-state index in [9.17, 15) is 4.79 Å². The van der Waals surface area contributed by atoms with Gasteiger partial charge in [-0.1, -0.05) is 20.4 Å². The fourth-order valence-corrected chi connectivity index (χ4v) is 1.39. The van der Waals surface area contributed by atoms with E-state index in [4.69, 9.17) is 4.74 Å². The number of hydrogen-bond acceptors (Lipinski definition) is 3. The highest BCUT2D eigenvalue weighted by molar-refractivity contribution is 5.87. The molecule has 0 saturated heterocycles. The molecule has 3 heteroatoms. The van der Waals surface area contributed by atoms with Gasteiger partial charge in [-0.05, 0) is 39.4 Å². The first-order valence-corrected chi connectivity index (χ1v) is 5.72. The fourth-order valence-electron chi connectivity index (χ4n) is 1.39. The van der Waals surface area contributed by atoms with Crippen LogP contribution in [0.25, 0.3) is 0 Å². The van der Waals surface area contributed by atoms with Crippen LogP contribution >= 0.6 is 0 Å². The summed E-state index contributed by atoms with van der Waals surface area (Å²) in [6, 6.07) is 0. The Morgan fingerprint density at radius 3 is 2.33 bits per heavy atom. The summed E-state index contributed by atoms with van der Waals surface area (Å²) in [6.07, 6.45) is 1.70. The molecule has 0 aliphatic carbocycles. The Kier molecular flexibility index (Phi) is 8.01. The molecule has 0 bridgehead atoms. The van der Waals surface area contributed by atoms with Crippen LogP contribution in [0.5, 0.6) is 0 Å². The average Bonchev–Trinajstić information content (AvgIpc) is 2.24. The summed E-state index contributed by atoms with van der Waals surface area (Å²) >= 11 is 0. The third-order valence-electron chi connectivity index (χ3n) is 2.41. The fraction of sp³-hybridized carbons (Fsp3) is 0.750. The maximum Gasteiger partial charge on any atom is 0.333 e. The third-order valence-corrected chi connectivity index (χ3v) is 2.41. The molecule has 0 atom stereocenters. The smallest absolute Gasteiger partial charge is 0.333 e. The monoisotopic (exact) mass is 213 g/mol. The molecule has 0 heterocycles. The van der Waals surface area contributed by atoms with Crippen LogP contribution in [0.15, 0.2) is 12.2 Å². The van der Waals surface area contributed by atoms with E-state index < -0.39 is 0 Å². The van der Waals surface area contributed by atoms with Crippen molar-refractivity contribution in [2.45, 2.75) is 33.6 Å². The van der Waals surface area contributed by atoms with Gasteiger partial charge in [0.15, 0.2) is 0 Å². The molecule has 88 valence electrons. The zero-order valence-corrected chi connectivity index (χ0v) is 10.2. The largest absolute Gasteiger partial charge is 0.463 e. The minimum Gasteiger partial charge on any atom is -0.463 e. The predicted molar refractivity (Wildman–Crippen MR) is 62.8 cm³/mol. The van der Waals surface area contributed by atoms with Crippen LogP contribution in [0.3, 0.4) is 0 Å². The second-order valence-corrected chi connectivity index (χ2v) is 3.45. The minimum absolute atomic E-state index is 0.253. The average molecular weight is 213 g/mol. The van der Waals surface area contributed by atoms with Crippen LogP contribution in [-0.2, 0) is 9.53 Å². The van der Waals surface area contributed by atoms with Crippen LogP contribution in [0.1, 0.15) is 33.6 Å². The van der Waals surface area contributed by atoms with E-state index in [2.05, 4.69) is 25.3 Å². The lowest BCUT2D eigenvalue weighted by molar-refractivity contribution is -0.138. The lowest BCUT2D eigenvalue weighted by Gasteiger charge is -2.17. The molecule has 0 unspecified atom stereocenters. The van der Waals surface area contributed by atoms with Crippen molar-refractivity contribution >= 4 is 5.97 Å². The van der Waals surface area contributed by atoms with E-state index in [0.29, 0.717) is 12.2 Å². The summed E-state index contributed by atoms with van der Waals surface area (Å²) in [6.45, 7) is 13.4. The van der Waals surface area contributed by atoms with Gasteiger partial charge in [0.05, 0.1) is 6.61 Å². The Balaban J connectivity index is 3.67. The number of esters is 1. The SMILES string of the molecule is C=C(CCCN(CC)CC)C(=O)OCC. The normalized spacial score (nSPS) is 10.4. The molecule has 0 radical (unpaired) electrons. The van der Waals surface area contributed by atoms with Gasteiger partial charge in [-0.25, -0.2) is 4.79 Å². The van der Waals surface area contributed by atoms with E-state index in [-0.39, 0.29) is 5.97 Å². The van der Waals surface area contributed by atoms with Crippen molar-refractivity contribution in [1.82, 2.24) is 4.90 Å². The van der Waals surface area contributed by atoms with Crippen LogP contribution < -0.4 is 0 Å². The molecule has 0 spiro atoms. The van der Waals surface area contributed by atoms with Gasteiger partial charge >= 0.3 is 5.97 Å². The Morgan fingerprint density at radius 1 is 1.27 bits per heavy atom. The molecule has 0 rings (SSSR count). The maximum atomic E-state index is 11.2. The van der Waals surface area contributed by atoms with Gasteiger partial charge in [-0.15, -0.1) is 0 Å². The van der Waals surface area contributed by atoms with Crippen molar-refractivity contribution in [1.29, 1.82) is 0 Å². The topological polar surface area (TPSA) is 29.5 Å². The van der Waals surface area contributed by atoms with Crippen molar-refractivity contribution < 1.29 is 9.53 Å². The highest BCUT2D eigenvalue weighted by Gasteiger charge is 2.07. The summed E-state index contributed by atoms with van der Waals surface area (Å²) in [4.78, 5) is 13.6. The van der Waals surface area contributed by atoms with E-state index >= 15 is 0 Å². The van der Waals surface area contributed by atoms with Gasteiger partial charge in [0.25, 0.3) is 0 Å². The van der Waals surface area contributed by atoms with Crippen LogP contribution in [-0.4, -0.2) is 37.1 Å². The molecule has 0 aliphatic rings. The molecule has 0 aromatic carbocycles. The molecular weight excluding hydrogens is 190 g/mol. The second kappa shape index (κ2) is 8.48. The van der Waals surface area contributed by atoms with Gasteiger partial charge in [0.1, 0.15) is 0 Å². The molecule has 0 aromatic rings. The first kappa shape index (κ1) is 14.2. The molecule has 0 aliphatic heterocycles. The van der Waals surface area contributed by atoms with E-state index in [1.807, 2.05) is 0 Å². The van der Waals surface area contributed by atoms with E-state index in [1.165, 1.54) is 0 Å². The third kappa shape index (κ3) is 6.28. The summed E-state index contributed by atoms with van der Waals surface area (Å²) in [5.74, 6) is -0.253. The summed E-state index contributed by atoms with van der Waals surface area (Å²) in [7, 11) is 0. The first-order valence-electron chi connectivity index (χ1n) is 5.72. The number of ether oxygens (including phenoxy) is 1. The summed E-state index contributed by atoms with van der Waals surface area (Å²) in [5.41, 5.74) is 0.587. The van der Waals surface area contributed by atoms with Crippen LogP contribution in [0.4, 0.5) is 0 Å². The maximum absolute atomic E-state index is 11.2. The van der Waals surface area contributed by atoms with Gasteiger partial charge in [-0.3, -0.25) is 0 Å². The Labute approximate surface area is 93.1 Å².